The fraction of sp³-hybridized carbons (Fsp3) is 0.222. The van der Waals surface area contributed by atoms with E-state index in [1.54, 1.807) is 30.5 Å². The van der Waals surface area contributed by atoms with E-state index in [0.29, 0.717) is 33.6 Å². The number of anilines is 2. The first kappa shape index (κ1) is 26.7. The second-order valence-electron chi connectivity index (χ2n) is 9.64. The summed E-state index contributed by atoms with van der Waals surface area (Å²) in [5.74, 6) is -0.469. The van der Waals surface area contributed by atoms with Crippen molar-refractivity contribution in [3.05, 3.63) is 80.7 Å². The predicted molar refractivity (Wildman–Crippen MR) is 154 cm³/mol. The van der Waals surface area contributed by atoms with Crippen molar-refractivity contribution in [3.8, 4) is 10.6 Å². The molecule has 0 saturated carbocycles. The zero-order valence-electron chi connectivity index (χ0n) is 21.6. The number of hydrogen-bond donors (Lipinski definition) is 3. The van der Waals surface area contributed by atoms with Crippen LogP contribution >= 0.6 is 22.7 Å². The minimum atomic E-state index is -0.768. The highest BCUT2D eigenvalue weighted by molar-refractivity contribution is 7.19. The highest BCUT2D eigenvalue weighted by atomic mass is 32.1. The summed E-state index contributed by atoms with van der Waals surface area (Å²) in [6.45, 7) is 2.18. The number of pyridine rings is 1. The van der Waals surface area contributed by atoms with Crippen molar-refractivity contribution >= 4 is 56.1 Å². The Labute approximate surface area is 240 Å². The molecule has 0 bridgehead atoms. The molecule has 0 spiro atoms. The number of nitrogens with zero attached hydrogens (tertiary/aromatic N) is 5. The molecule has 4 aromatic heterocycles. The maximum absolute atomic E-state index is 14.1. The summed E-state index contributed by atoms with van der Waals surface area (Å²) in [4.78, 5) is 48.8. The molecule has 1 aliphatic rings. The fourth-order valence-corrected chi connectivity index (χ4v) is 6.67. The lowest BCUT2D eigenvalue weighted by Gasteiger charge is -2.15. The minimum absolute atomic E-state index is 0.0425. The Balaban J connectivity index is 1.15. The quantitative estimate of drug-likeness (QED) is 0.259. The van der Waals surface area contributed by atoms with Gasteiger partial charge in [0.15, 0.2) is 5.01 Å². The third-order valence-electron chi connectivity index (χ3n) is 6.72. The topological polar surface area (TPSA) is 158 Å². The molecule has 11 nitrogen and oxygen atoms in total. The van der Waals surface area contributed by atoms with Crippen LogP contribution < -0.4 is 21.9 Å². The third-order valence-corrected chi connectivity index (χ3v) is 8.78. The first-order chi connectivity index (χ1) is 19.8. The van der Waals surface area contributed by atoms with Crippen molar-refractivity contribution < 1.29 is 14.0 Å². The zero-order chi connectivity index (χ0) is 28.7. The average molecular weight is 591 g/mol. The Morgan fingerprint density at radius 2 is 1.98 bits per heavy atom. The van der Waals surface area contributed by atoms with E-state index in [-0.39, 0.29) is 30.5 Å². The highest BCUT2D eigenvalue weighted by Gasteiger charge is 2.36. The average Bonchev–Trinajstić information content (AvgIpc) is 3.66. The molecule has 0 unspecified atom stereocenters. The van der Waals surface area contributed by atoms with E-state index in [0.717, 1.165) is 26.3 Å². The van der Waals surface area contributed by atoms with Gasteiger partial charge in [0.05, 0.1) is 19.2 Å². The molecule has 1 aliphatic heterocycles. The van der Waals surface area contributed by atoms with Gasteiger partial charge in [0.25, 0.3) is 5.56 Å². The summed E-state index contributed by atoms with van der Waals surface area (Å²) in [6.07, 6.45) is 3.24. The Morgan fingerprint density at radius 1 is 1.15 bits per heavy atom. The standard InChI is InChI=1S/C27H23FN8O3S2/c1-13-6-19(25(38)32-11-15-7-14-10-30-21(29)8-20(14)40-15)36-24(13)31-12-18(27(36)39)33-22(37)9-23-34-35-26(41-23)16-4-2-3-5-17(16)28/h2-5,7-8,10,12-13,19H,6,9,11H2,1H3,(H2,29,30)(H,32,38)(H,33,37)/t13-,19+/m1/s1. The van der Waals surface area contributed by atoms with Crippen LogP contribution in [0.4, 0.5) is 15.9 Å². The van der Waals surface area contributed by atoms with Gasteiger partial charge in [-0.2, -0.15) is 0 Å². The van der Waals surface area contributed by atoms with Gasteiger partial charge in [-0.3, -0.25) is 19.0 Å². The molecule has 0 saturated heterocycles. The van der Waals surface area contributed by atoms with Crippen LogP contribution in [-0.4, -0.2) is 36.5 Å². The fourth-order valence-electron chi connectivity index (χ4n) is 4.79. The van der Waals surface area contributed by atoms with E-state index in [2.05, 4.69) is 30.8 Å². The Bertz CT molecular complexity index is 1870. The van der Waals surface area contributed by atoms with Gasteiger partial charge >= 0.3 is 0 Å². The van der Waals surface area contributed by atoms with Gasteiger partial charge in [-0.05, 0) is 30.7 Å². The van der Waals surface area contributed by atoms with E-state index < -0.39 is 23.3 Å². The lowest BCUT2D eigenvalue weighted by molar-refractivity contribution is -0.124. The maximum atomic E-state index is 14.1. The largest absolute Gasteiger partial charge is 0.384 e. The molecule has 208 valence electrons. The molecule has 41 heavy (non-hydrogen) atoms. The number of fused-ring (bicyclic) bond motifs is 2. The van der Waals surface area contributed by atoms with Crippen LogP contribution in [0.5, 0.6) is 0 Å². The molecule has 0 radical (unpaired) electrons. The summed E-state index contributed by atoms with van der Waals surface area (Å²) in [5, 5.41) is 15.1. The van der Waals surface area contributed by atoms with Gasteiger partial charge < -0.3 is 16.4 Å². The van der Waals surface area contributed by atoms with E-state index in [1.165, 1.54) is 28.2 Å². The van der Waals surface area contributed by atoms with Crippen molar-refractivity contribution in [2.24, 2.45) is 0 Å². The monoisotopic (exact) mass is 590 g/mol. The number of halogens is 1. The third kappa shape index (κ3) is 5.30. The predicted octanol–water partition coefficient (Wildman–Crippen LogP) is 3.64. The number of nitrogens with one attached hydrogen (secondary N) is 2. The van der Waals surface area contributed by atoms with Crippen LogP contribution in [0.3, 0.4) is 0 Å². The van der Waals surface area contributed by atoms with Crippen LogP contribution in [0.25, 0.3) is 20.7 Å². The normalized spacial score (nSPS) is 16.0. The summed E-state index contributed by atoms with van der Waals surface area (Å²) in [6, 6.07) is 9.13. The number of thiophene rings is 1. The molecule has 4 N–H and O–H groups in total. The maximum Gasteiger partial charge on any atom is 0.278 e. The van der Waals surface area contributed by atoms with Gasteiger partial charge in [0.1, 0.15) is 34.2 Å². The molecule has 2 atom stereocenters. The summed E-state index contributed by atoms with van der Waals surface area (Å²) < 4.78 is 16.4. The molecular weight excluding hydrogens is 567 g/mol. The smallest absolute Gasteiger partial charge is 0.278 e. The first-order valence-electron chi connectivity index (χ1n) is 12.7. The van der Waals surface area contributed by atoms with Crippen LogP contribution in [0.2, 0.25) is 0 Å². The minimum Gasteiger partial charge on any atom is -0.384 e. The molecular formula is C27H23FN8O3S2. The number of hydrogen-bond acceptors (Lipinski definition) is 10. The Hall–Kier alpha value is -4.56. The van der Waals surface area contributed by atoms with Crippen molar-refractivity contribution in [1.29, 1.82) is 0 Å². The Kier molecular flexibility index (Phi) is 7.01. The second kappa shape index (κ2) is 10.8. The van der Waals surface area contributed by atoms with Crippen LogP contribution in [0, 0.1) is 5.82 Å². The summed E-state index contributed by atoms with van der Waals surface area (Å²) >= 11 is 2.60. The van der Waals surface area contributed by atoms with E-state index in [1.807, 2.05) is 13.0 Å². The van der Waals surface area contributed by atoms with Crippen LogP contribution in [0.15, 0.2) is 53.6 Å². The van der Waals surface area contributed by atoms with Gasteiger partial charge in [-0.15, -0.1) is 21.5 Å². The van der Waals surface area contributed by atoms with E-state index >= 15 is 0 Å². The van der Waals surface area contributed by atoms with Gasteiger partial charge in [-0.25, -0.2) is 14.4 Å². The molecule has 2 amide bonds. The van der Waals surface area contributed by atoms with Crippen LogP contribution in [0.1, 0.15) is 41.0 Å². The molecule has 1 aromatic carbocycles. The number of benzene rings is 1. The van der Waals surface area contributed by atoms with Crippen molar-refractivity contribution in [2.75, 3.05) is 11.1 Å². The summed E-state index contributed by atoms with van der Waals surface area (Å²) in [5.41, 5.74) is 5.50. The number of amides is 2. The lowest BCUT2D eigenvalue weighted by atomic mass is 10.1. The number of rotatable bonds is 7. The van der Waals surface area contributed by atoms with Crippen molar-refractivity contribution in [2.45, 2.75) is 38.3 Å². The van der Waals surface area contributed by atoms with Crippen molar-refractivity contribution in [1.82, 2.24) is 30.0 Å². The molecule has 0 fully saturated rings. The molecule has 5 aromatic rings. The molecule has 0 aliphatic carbocycles. The highest BCUT2D eigenvalue weighted by Crippen LogP contribution is 2.34. The van der Waals surface area contributed by atoms with Gasteiger partial charge in [0, 0.05) is 32.6 Å². The number of nitrogen functional groups attached to an aromatic ring is 1. The Morgan fingerprint density at radius 3 is 2.80 bits per heavy atom. The first-order valence-corrected chi connectivity index (χ1v) is 14.3. The lowest BCUT2D eigenvalue weighted by Crippen LogP contribution is -2.36. The molecule has 6 rings (SSSR count). The SMILES string of the molecule is C[C@@H]1C[C@@H](C(=O)NCc2cc3cnc(N)cc3s2)n2c1ncc(NC(=O)Cc1nnc(-c3ccccc3F)s1)c2=O. The van der Waals surface area contributed by atoms with Crippen LogP contribution in [-0.2, 0) is 22.6 Å². The van der Waals surface area contributed by atoms with E-state index in [4.69, 9.17) is 5.73 Å². The molecule has 5 heterocycles. The zero-order valence-corrected chi connectivity index (χ0v) is 23.3. The second-order valence-corrected chi connectivity index (χ2v) is 11.9. The van der Waals surface area contributed by atoms with E-state index in [9.17, 15) is 18.8 Å². The number of aromatic nitrogens is 5. The summed E-state index contributed by atoms with van der Waals surface area (Å²) in [7, 11) is 0. The van der Waals surface area contributed by atoms with Gasteiger partial charge in [0.2, 0.25) is 11.8 Å². The van der Waals surface area contributed by atoms with Gasteiger partial charge in [-0.1, -0.05) is 30.4 Å². The number of nitrogens with two attached hydrogens (primary N) is 1. The number of carbonyl (C=O) groups is 2. The molecule has 14 heteroatoms. The van der Waals surface area contributed by atoms with Crippen molar-refractivity contribution in [3.63, 3.8) is 0 Å². The number of carbonyl (C=O) groups excluding carboxylic acids is 2.